The molecule has 1 N–H and O–H groups in total. The van der Waals surface area contributed by atoms with Crippen molar-refractivity contribution >= 4 is 16.6 Å². The van der Waals surface area contributed by atoms with Crippen molar-refractivity contribution in [3.05, 3.63) is 118 Å². The molecule has 136 valence electrons. The van der Waals surface area contributed by atoms with E-state index >= 15 is 0 Å². The second-order valence-corrected chi connectivity index (χ2v) is 7.54. The third kappa shape index (κ3) is 2.35. The maximum Gasteiger partial charge on any atom is 0.193 e. The van der Waals surface area contributed by atoms with Crippen LogP contribution in [0.4, 0.5) is 0 Å². The van der Waals surface area contributed by atoms with E-state index < -0.39 is 5.60 Å². The summed E-state index contributed by atoms with van der Waals surface area (Å²) in [5.74, 6) is -0.0235. The Labute approximate surface area is 164 Å². The van der Waals surface area contributed by atoms with Crippen LogP contribution in [0, 0.1) is 6.92 Å². The van der Waals surface area contributed by atoms with Gasteiger partial charge in [0.05, 0.1) is 0 Å². The molecule has 0 spiro atoms. The van der Waals surface area contributed by atoms with E-state index in [4.69, 9.17) is 0 Å². The van der Waals surface area contributed by atoms with Crippen molar-refractivity contribution in [2.75, 3.05) is 0 Å². The van der Waals surface area contributed by atoms with Gasteiger partial charge in [0.1, 0.15) is 5.60 Å². The van der Waals surface area contributed by atoms with E-state index in [2.05, 4.69) is 31.2 Å². The van der Waals surface area contributed by atoms with Gasteiger partial charge >= 0.3 is 0 Å². The molecule has 0 saturated carbocycles. The lowest BCUT2D eigenvalue weighted by Crippen LogP contribution is -2.37. The quantitative estimate of drug-likeness (QED) is 0.533. The van der Waals surface area contributed by atoms with Crippen molar-refractivity contribution in [1.29, 1.82) is 0 Å². The first-order chi connectivity index (χ1) is 13.6. The van der Waals surface area contributed by atoms with Crippen molar-refractivity contribution in [1.82, 2.24) is 0 Å². The average Bonchev–Trinajstić information content (AvgIpc) is 2.75. The molecule has 0 radical (unpaired) electrons. The van der Waals surface area contributed by atoms with E-state index in [-0.39, 0.29) is 5.78 Å². The van der Waals surface area contributed by atoms with Crippen molar-refractivity contribution < 1.29 is 9.90 Å². The van der Waals surface area contributed by atoms with E-state index in [1.54, 1.807) is 0 Å². The Morgan fingerprint density at radius 1 is 0.714 bits per heavy atom. The molecular formula is C26H20O2. The molecular weight excluding hydrogens is 344 g/mol. The summed E-state index contributed by atoms with van der Waals surface area (Å²) >= 11 is 0. The SMILES string of the molecule is Cc1ccc(CC2(O)c3ccccc3C(=O)c3ccccc32)c2ccccc12. The maximum atomic E-state index is 13.0. The highest BCUT2D eigenvalue weighted by Gasteiger charge is 2.42. The maximum absolute atomic E-state index is 13.0. The summed E-state index contributed by atoms with van der Waals surface area (Å²) in [6.07, 6.45) is 0.412. The van der Waals surface area contributed by atoms with Crippen LogP contribution >= 0.6 is 0 Å². The van der Waals surface area contributed by atoms with Crippen LogP contribution in [0.3, 0.4) is 0 Å². The Morgan fingerprint density at radius 2 is 1.25 bits per heavy atom. The predicted octanol–water partition coefficient (Wildman–Crippen LogP) is 5.17. The molecule has 0 amide bonds. The number of carbonyl (C=O) groups excluding carboxylic acids is 1. The van der Waals surface area contributed by atoms with Gasteiger partial charge in [-0.15, -0.1) is 0 Å². The van der Waals surface area contributed by atoms with Gasteiger partial charge in [-0.3, -0.25) is 4.79 Å². The zero-order chi connectivity index (χ0) is 19.3. The summed E-state index contributed by atoms with van der Waals surface area (Å²) in [5.41, 5.74) is 3.57. The fraction of sp³-hybridized carbons (Fsp3) is 0.115. The molecule has 0 aliphatic heterocycles. The van der Waals surface area contributed by atoms with Gasteiger partial charge < -0.3 is 5.11 Å². The highest BCUT2D eigenvalue weighted by molar-refractivity contribution is 6.13. The Hall–Kier alpha value is -3.23. The van der Waals surface area contributed by atoms with Gasteiger partial charge in [0.15, 0.2) is 5.78 Å². The van der Waals surface area contributed by atoms with Crippen LogP contribution in [0.1, 0.15) is 38.2 Å². The van der Waals surface area contributed by atoms with Gasteiger partial charge in [0.25, 0.3) is 0 Å². The third-order valence-electron chi connectivity index (χ3n) is 5.91. The molecule has 2 heteroatoms. The van der Waals surface area contributed by atoms with Gasteiger partial charge in [-0.1, -0.05) is 84.9 Å². The van der Waals surface area contributed by atoms with Crippen LogP contribution in [0.5, 0.6) is 0 Å². The lowest BCUT2D eigenvalue weighted by atomic mass is 9.71. The number of aliphatic hydroxyl groups is 1. The minimum Gasteiger partial charge on any atom is -0.380 e. The molecule has 0 atom stereocenters. The smallest absolute Gasteiger partial charge is 0.193 e. The van der Waals surface area contributed by atoms with Gasteiger partial charge in [-0.05, 0) is 39.9 Å². The summed E-state index contributed by atoms with van der Waals surface area (Å²) in [5, 5.41) is 14.4. The van der Waals surface area contributed by atoms with Crippen LogP contribution in [0.15, 0.2) is 84.9 Å². The normalized spacial score (nSPS) is 14.6. The molecule has 2 nitrogen and oxygen atoms in total. The Bertz CT molecular complexity index is 1190. The van der Waals surface area contributed by atoms with E-state index in [1.807, 2.05) is 60.7 Å². The molecule has 0 fully saturated rings. The molecule has 1 aliphatic carbocycles. The molecule has 0 saturated heterocycles. The van der Waals surface area contributed by atoms with E-state index in [1.165, 1.54) is 10.9 Å². The lowest BCUT2D eigenvalue weighted by Gasteiger charge is -2.36. The van der Waals surface area contributed by atoms with Crippen molar-refractivity contribution in [2.45, 2.75) is 18.9 Å². The standard InChI is InChI=1S/C26H20O2/c1-17-14-15-18(20-9-3-2-8-19(17)20)16-26(28)23-12-6-4-10-21(23)25(27)22-11-5-7-13-24(22)26/h2-15,28H,16H2,1H3. The molecule has 4 aromatic rings. The molecule has 0 aromatic heterocycles. The first kappa shape index (κ1) is 16.9. The second kappa shape index (κ2) is 6.15. The molecule has 1 aliphatic rings. The molecule has 0 unspecified atom stereocenters. The highest BCUT2D eigenvalue weighted by Crippen LogP contribution is 2.42. The predicted molar refractivity (Wildman–Crippen MR) is 112 cm³/mol. The van der Waals surface area contributed by atoms with Crippen LogP contribution in [0.2, 0.25) is 0 Å². The third-order valence-corrected chi connectivity index (χ3v) is 5.91. The fourth-order valence-electron chi connectivity index (χ4n) is 4.51. The van der Waals surface area contributed by atoms with Crippen molar-refractivity contribution in [3.8, 4) is 0 Å². The van der Waals surface area contributed by atoms with E-state index in [0.717, 1.165) is 10.9 Å². The van der Waals surface area contributed by atoms with Crippen LogP contribution in [-0.2, 0) is 12.0 Å². The number of hydrogen-bond acceptors (Lipinski definition) is 2. The zero-order valence-electron chi connectivity index (χ0n) is 15.6. The number of benzene rings is 4. The monoisotopic (exact) mass is 364 g/mol. The summed E-state index contributed by atoms with van der Waals surface area (Å²) in [6.45, 7) is 2.10. The molecule has 0 bridgehead atoms. The number of aryl methyl sites for hydroxylation is 1. The minimum atomic E-state index is -1.25. The van der Waals surface area contributed by atoms with Gasteiger partial charge in [-0.25, -0.2) is 0 Å². The first-order valence-corrected chi connectivity index (χ1v) is 9.53. The summed E-state index contributed by atoms with van der Waals surface area (Å²) in [6, 6.07) is 27.3. The van der Waals surface area contributed by atoms with Gasteiger partial charge in [0, 0.05) is 17.5 Å². The van der Waals surface area contributed by atoms with Crippen molar-refractivity contribution in [3.63, 3.8) is 0 Å². The molecule has 0 heterocycles. The Morgan fingerprint density at radius 3 is 1.89 bits per heavy atom. The molecule has 5 rings (SSSR count). The molecule has 4 aromatic carbocycles. The van der Waals surface area contributed by atoms with Gasteiger partial charge in [0.2, 0.25) is 0 Å². The largest absolute Gasteiger partial charge is 0.380 e. The summed E-state index contributed by atoms with van der Waals surface area (Å²) < 4.78 is 0. The first-order valence-electron chi connectivity index (χ1n) is 9.53. The number of rotatable bonds is 2. The van der Waals surface area contributed by atoms with Crippen LogP contribution in [-0.4, -0.2) is 10.9 Å². The topological polar surface area (TPSA) is 37.3 Å². The molecule has 28 heavy (non-hydrogen) atoms. The second-order valence-electron chi connectivity index (χ2n) is 7.54. The number of ketones is 1. The minimum absolute atomic E-state index is 0.0235. The van der Waals surface area contributed by atoms with Crippen LogP contribution in [0.25, 0.3) is 10.8 Å². The van der Waals surface area contributed by atoms with Gasteiger partial charge in [-0.2, -0.15) is 0 Å². The zero-order valence-corrected chi connectivity index (χ0v) is 15.6. The van der Waals surface area contributed by atoms with Crippen LogP contribution < -0.4 is 0 Å². The number of fused-ring (bicyclic) bond motifs is 3. The Kier molecular flexibility index (Phi) is 3.71. The van der Waals surface area contributed by atoms with E-state index in [0.29, 0.717) is 28.7 Å². The highest BCUT2D eigenvalue weighted by atomic mass is 16.3. The number of hydrogen-bond donors (Lipinski definition) is 1. The van der Waals surface area contributed by atoms with Crippen molar-refractivity contribution in [2.24, 2.45) is 0 Å². The fourth-order valence-corrected chi connectivity index (χ4v) is 4.51. The number of carbonyl (C=O) groups is 1. The average molecular weight is 364 g/mol. The summed E-state index contributed by atoms with van der Waals surface area (Å²) in [4.78, 5) is 13.0. The Balaban J connectivity index is 1.76. The lowest BCUT2D eigenvalue weighted by molar-refractivity contribution is 0.0723. The summed E-state index contributed by atoms with van der Waals surface area (Å²) in [7, 11) is 0. The van der Waals surface area contributed by atoms with E-state index in [9.17, 15) is 9.90 Å².